The average molecular weight is 367 g/mol. The molecule has 3 aromatic rings. The molecule has 1 N–H and O–H groups in total. The highest BCUT2D eigenvalue weighted by molar-refractivity contribution is 5.92. The molecule has 138 valence electrons. The summed E-state index contributed by atoms with van der Waals surface area (Å²) in [5.41, 5.74) is 1.60. The largest absolute Gasteiger partial charge is 0.481 e. The molecule has 7 heteroatoms. The first kappa shape index (κ1) is 18.3. The van der Waals surface area contributed by atoms with E-state index in [9.17, 15) is 14.0 Å². The fraction of sp³-hybridized carbons (Fsp3) is 0.150. The number of halogens is 1. The van der Waals surface area contributed by atoms with Crippen molar-refractivity contribution in [2.24, 2.45) is 0 Å². The molecule has 0 aliphatic rings. The van der Waals surface area contributed by atoms with Crippen molar-refractivity contribution in [3.63, 3.8) is 0 Å². The highest BCUT2D eigenvalue weighted by atomic mass is 19.1. The first-order chi connectivity index (χ1) is 13.0. The molecule has 6 nitrogen and oxygen atoms in total. The number of nitrogens with zero attached hydrogens (tertiary/aromatic N) is 2. The first-order valence-corrected chi connectivity index (χ1v) is 8.26. The van der Waals surface area contributed by atoms with Crippen molar-refractivity contribution in [1.29, 1.82) is 0 Å². The van der Waals surface area contributed by atoms with Gasteiger partial charge in [-0.15, -0.1) is 0 Å². The first-order valence-electron chi connectivity index (χ1n) is 8.26. The van der Waals surface area contributed by atoms with Gasteiger partial charge in [-0.05, 0) is 42.3 Å². The SMILES string of the molecule is COc1cc(=O)c(C(=O)NCc2ccccc2C)nn1-c1ccc(F)cc1. The van der Waals surface area contributed by atoms with Crippen molar-refractivity contribution in [1.82, 2.24) is 15.1 Å². The molecule has 27 heavy (non-hydrogen) atoms. The number of carbonyl (C=O) groups excluding carboxylic acids is 1. The average Bonchev–Trinajstić information content (AvgIpc) is 2.67. The van der Waals surface area contributed by atoms with Gasteiger partial charge in [-0.25, -0.2) is 9.07 Å². The van der Waals surface area contributed by atoms with Crippen LogP contribution in [0, 0.1) is 12.7 Å². The van der Waals surface area contributed by atoms with E-state index >= 15 is 0 Å². The Morgan fingerprint density at radius 2 is 1.89 bits per heavy atom. The Bertz CT molecular complexity index is 1030. The van der Waals surface area contributed by atoms with Crippen LogP contribution in [0.4, 0.5) is 4.39 Å². The lowest BCUT2D eigenvalue weighted by atomic mass is 10.1. The van der Waals surface area contributed by atoms with E-state index in [0.717, 1.165) is 11.1 Å². The number of nitrogens with one attached hydrogen (secondary N) is 1. The second-order valence-corrected chi connectivity index (χ2v) is 5.90. The third-order valence-electron chi connectivity index (χ3n) is 4.09. The zero-order chi connectivity index (χ0) is 19.4. The van der Waals surface area contributed by atoms with E-state index < -0.39 is 17.2 Å². The molecule has 1 heterocycles. The number of aryl methyl sites for hydroxylation is 1. The van der Waals surface area contributed by atoms with E-state index in [1.165, 1.54) is 42.1 Å². The molecule has 0 radical (unpaired) electrons. The number of rotatable bonds is 5. The molecule has 2 aromatic carbocycles. The van der Waals surface area contributed by atoms with E-state index in [1.807, 2.05) is 31.2 Å². The molecule has 0 fully saturated rings. The Hall–Kier alpha value is -3.48. The summed E-state index contributed by atoms with van der Waals surface area (Å²) in [4.78, 5) is 24.8. The minimum atomic E-state index is -0.596. The van der Waals surface area contributed by atoms with Gasteiger partial charge >= 0.3 is 0 Å². The van der Waals surface area contributed by atoms with E-state index in [4.69, 9.17) is 4.74 Å². The summed E-state index contributed by atoms with van der Waals surface area (Å²) in [6.45, 7) is 2.21. The standard InChI is InChI=1S/C20H18FN3O3/c1-13-5-3-4-6-14(13)12-22-20(26)19-17(25)11-18(27-2)24(23-19)16-9-7-15(21)8-10-16/h3-11H,12H2,1-2H3,(H,22,26). The second-order valence-electron chi connectivity index (χ2n) is 5.90. The predicted octanol–water partition coefficient (Wildman–Crippen LogP) is 2.62. The van der Waals surface area contributed by atoms with E-state index in [2.05, 4.69) is 10.4 Å². The predicted molar refractivity (Wildman–Crippen MR) is 98.7 cm³/mol. The minimum Gasteiger partial charge on any atom is -0.481 e. The van der Waals surface area contributed by atoms with E-state index in [0.29, 0.717) is 5.69 Å². The molecule has 0 spiro atoms. The minimum absolute atomic E-state index is 0.141. The van der Waals surface area contributed by atoms with Crippen LogP contribution in [0.25, 0.3) is 5.69 Å². The monoisotopic (exact) mass is 367 g/mol. The van der Waals surface area contributed by atoms with Gasteiger partial charge in [-0.3, -0.25) is 9.59 Å². The summed E-state index contributed by atoms with van der Waals surface area (Å²) in [5.74, 6) is -0.862. The molecule has 0 aliphatic heterocycles. The van der Waals surface area contributed by atoms with Crippen LogP contribution in [0.1, 0.15) is 21.6 Å². The van der Waals surface area contributed by atoms with E-state index in [-0.39, 0.29) is 18.1 Å². The van der Waals surface area contributed by atoms with Crippen LogP contribution in [-0.4, -0.2) is 22.8 Å². The van der Waals surface area contributed by atoms with Crippen LogP contribution in [0.15, 0.2) is 59.4 Å². The molecule has 0 aliphatic carbocycles. The Labute approximate surface area is 155 Å². The lowest BCUT2D eigenvalue weighted by Gasteiger charge is -2.13. The van der Waals surface area contributed by atoms with Crippen LogP contribution in [-0.2, 0) is 6.54 Å². The summed E-state index contributed by atoms with van der Waals surface area (Å²) in [7, 11) is 1.38. The van der Waals surface area contributed by atoms with Gasteiger partial charge in [0.15, 0.2) is 5.69 Å². The highest BCUT2D eigenvalue weighted by Gasteiger charge is 2.17. The molecular formula is C20H18FN3O3. The molecule has 1 amide bonds. The van der Waals surface area contributed by atoms with Crippen LogP contribution in [0.3, 0.4) is 0 Å². The van der Waals surface area contributed by atoms with Gasteiger partial charge in [0.2, 0.25) is 11.3 Å². The number of benzene rings is 2. The summed E-state index contributed by atoms with van der Waals surface area (Å²) >= 11 is 0. The topological polar surface area (TPSA) is 73.2 Å². The Morgan fingerprint density at radius 1 is 1.19 bits per heavy atom. The van der Waals surface area contributed by atoms with Gasteiger partial charge in [-0.2, -0.15) is 5.10 Å². The van der Waals surface area contributed by atoms with Crippen molar-refractivity contribution in [2.45, 2.75) is 13.5 Å². The third kappa shape index (κ3) is 4.03. The number of hydrogen-bond acceptors (Lipinski definition) is 4. The normalized spacial score (nSPS) is 10.5. The van der Waals surface area contributed by atoms with E-state index in [1.54, 1.807) is 0 Å². The summed E-state index contributed by atoms with van der Waals surface area (Å²) in [5, 5.41) is 6.83. The van der Waals surface area contributed by atoms with Gasteiger partial charge in [-0.1, -0.05) is 24.3 Å². The number of hydrogen-bond donors (Lipinski definition) is 1. The van der Waals surface area contributed by atoms with Gasteiger partial charge < -0.3 is 10.1 Å². The second kappa shape index (κ2) is 7.82. The number of amides is 1. The lowest BCUT2D eigenvalue weighted by Crippen LogP contribution is -2.31. The Morgan fingerprint density at radius 3 is 2.56 bits per heavy atom. The highest BCUT2D eigenvalue weighted by Crippen LogP contribution is 2.15. The van der Waals surface area contributed by atoms with Crippen LogP contribution in [0.2, 0.25) is 0 Å². The molecule has 1 aromatic heterocycles. The summed E-state index contributed by atoms with van der Waals surface area (Å²) < 4.78 is 19.6. The zero-order valence-corrected chi connectivity index (χ0v) is 14.9. The fourth-order valence-corrected chi connectivity index (χ4v) is 2.58. The number of ether oxygens (including phenoxy) is 1. The molecule has 0 bridgehead atoms. The molecule has 0 saturated carbocycles. The van der Waals surface area contributed by atoms with Crippen molar-refractivity contribution in [3.8, 4) is 11.6 Å². The molecule has 0 saturated heterocycles. The lowest BCUT2D eigenvalue weighted by molar-refractivity contribution is 0.0942. The quantitative estimate of drug-likeness (QED) is 0.752. The third-order valence-corrected chi connectivity index (χ3v) is 4.09. The smallest absolute Gasteiger partial charge is 0.276 e. The maximum atomic E-state index is 13.2. The van der Waals surface area contributed by atoms with Crippen LogP contribution >= 0.6 is 0 Å². The molecular weight excluding hydrogens is 349 g/mol. The number of methoxy groups -OCH3 is 1. The fourth-order valence-electron chi connectivity index (χ4n) is 2.58. The van der Waals surface area contributed by atoms with Gasteiger partial charge in [0.1, 0.15) is 5.82 Å². The Balaban J connectivity index is 1.92. The van der Waals surface area contributed by atoms with Crippen molar-refractivity contribution in [3.05, 3.63) is 87.5 Å². The van der Waals surface area contributed by atoms with Crippen molar-refractivity contribution >= 4 is 5.91 Å². The van der Waals surface area contributed by atoms with Crippen LogP contribution < -0.4 is 15.5 Å². The number of carbonyl (C=O) groups is 1. The Kier molecular flexibility index (Phi) is 5.30. The van der Waals surface area contributed by atoms with Crippen LogP contribution in [0.5, 0.6) is 5.88 Å². The summed E-state index contributed by atoms with van der Waals surface area (Å²) in [6, 6.07) is 14.3. The zero-order valence-electron chi connectivity index (χ0n) is 14.9. The molecule has 3 rings (SSSR count). The van der Waals surface area contributed by atoms with Gasteiger partial charge in [0.25, 0.3) is 5.91 Å². The van der Waals surface area contributed by atoms with Crippen molar-refractivity contribution < 1.29 is 13.9 Å². The maximum absolute atomic E-state index is 13.2. The summed E-state index contributed by atoms with van der Waals surface area (Å²) in [6.07, 6.45) is 0. The molecule has 0 unspecified atom stereocenters. The van der Waals surface area contributed by atoms with Gasteiger partial charge in [0, 0.05) is 6.54 Å². The maximum Gasteiger partial charge on any atom is 0.276 e. The number of aromatic nitrogens is 2. The van der Waals surface area contributed by atoms with Gasteiger partial charge in [0.05, 0.1) is 18.9 Å². The molecule has 0 atom stereocenters. The van der Waals surface area contributed by atoms with Crippen molar-refractivity contribution in [2.75, 3.05) is 7.11 Å².